The summed E-state index contributed by atoms with van der Waals surface area (Å²) in [7, 11) is 0. The third-order valence-corrected chi connectivity index (χ3v) is 4.60. The largest absolute Gasteiger partial charge is 0.328 e. The molecule has 20 heavy (non-hydrogen) atoms. The Hall–Kier alpha value is -1.25. The van der Waals surface area contributed by atoms with Crippen LogP contribution in [0.2, 0.25) is 0 Å². The van der Waals surface area contributed by atoms with E-state index >= 15 is 0 Å². The Labute approximate surface area is 126 Å². The Morgan fingerprint density at radius 1 is 0.950 bits per heavy atom. The minimum absolute atomic E-state index is 0.190. The van der Waals surface area contributed by atoms with Gasteiger partial charge in [-0.05, 0) is 62.9 Å². The van der Waals surface area contributed by atoms with Gasteiger partial charge in [0.1, 0.15) is 0 Å². The maximum Gasteiger partial charge on any atom is 0.0155 e. The van der Waals surface area contributed by atoms with Gasteiger partial charge < -0.3 is 5.73 Å². The van der Waals surface area contributed by atoms with E-state index in [1.165, 1.54) is 32.0 Å². The number of aryl methyl sites for hydroxylation is 3. The first-order valence-corrected chi connectivity index (χ1v) is 7.87. The van der Waals surface area contributed by atoms with E-state index in [9.17, 15) is 0 Å². The van der Waals surface area contributed by atoms with Gasteiger partial charge in [0, 0.05) is 15.8 Å². The fourth-order valence-corrected chi connectivity index (χ4v) is 3.37. The molecule has 0 fully saturated rings. The summed E-state index contributed by atoms with van der Waals surface area (Å²) in [6.45, 7) is 8.51. The summed E-state index contributed by atoms with van der Waals surface area (Å²) >= 11 is 1.85. The zero-order chi connectivity index (χ0) is 14.7. The minimum Gasteiger partial charge on any atom is -0.328 e. The van der Waals surface area contributed by atoms with Gasteiger partial charge in [0.25, 0.3) is 0 Å². The van der Waals surface area contributed by atoms with Gasteiger partial charge in [-0.3, -0.25) is 0 Å². The lowest BCUT2D eigenvalue weighted by Gasteiger charge is -2.14. The van der Waals surface area contributed by atoms with Crippen LogP contribution in [0, 0.1) is 20.8 Å². The first-order valence-electron chi connectivity index (χ1n) is 7.06. The van der Waals surface area contributed by atoms with Crippen LogP contribution in [0.1, 0.15) is 29.2 Å². The molecule has 0 radical (unpaired) electrons. The highest BCUT2D eigenvalue weighted by Crippen LogP contribution is 2.34. The normalized spacial score (nSPS) is 12.4. The first kappa shape index (κ1) is 15.1. The van der Waals surface area contributed by atoms with E-state index in [4.69, 9.17) is 5.73 Å². The highest BCUT2D eigenvalue weighted by Gasteiger charge is 2.09. The number of benzene rings is 2. The van der Waals surface area contributed by atoms with Crippen molar-refractivity contribution in [3.63, 3.8) is 0 Å². The van der Waals surface area contributed by atoms with Crippen molar-refractivity contribution in [2.45, 2.75) is 49.9 Å². The predicted octanol–water partition coefficient (Wildman–Crippen LogP) is 4.65. The summed E-state index contributed by atoms with van der Waals surface area (Å²) in [5.74, 6) is 0. The van der Waals surface area contributed by atoms with Gasteiger partial charge in [-0.1, -0.05) is 41.6 Å². The molecule has 106 valence electrons. The third kappa shape index (κ3) is 3.87. The minimum atomic E-state index is 0.190. The zero-order valence-corrected chi connectivity index (χ0v) is 13.6. The summed E-state index contributed by atoms with van der Waals surface area (Å²) in [6, 6.07) is 13.5. The molecule has 1 nitrogen and oxygen atoms in total. The average Bonchev–Trinajstić information content (AvgIpc) is 2.36. The lowest BCUT2D eigenvalue weighted by molar-refractivity contribution is 0.729. The molecule has 0 saturated carbocycles. The van der Waals surface area contributed by atoms with Crippen LogP contribution in [0.3, 0.4) is 0 Å². The van der Waals surface area contributed by atoms with E-state index in [0.29, 0.717) is 0 Å². The third-order valence-electron chi connectivity index (χ3n) is 3.32. The second-order valence-electron chi connectivity index (χ2n) is 5.66. The Morgan fingerprint density at radius 3 is 2.30 bits per heavy atom. The Morgan fingerprint density at radius 2 is 1.60 bits per heavy atom. The smallest absolute Gasteiger partial charge is 0.0155 e. The molecule has 0 aromatic heterocycles. The Bertz CT molecular complexity index is 602. The summed E-state index contributed by atoms with van der Waals surface area (Å²) in [5.41, 5.74) is 11.3. The fourth-order valence-electron chi connectivity index (χ4n) is 2.25. The Balaban J connectivity index is 2.35. The summed E-state index contributed by atoms with van der Waals surface area (Å²) < 4.78 is 0. The van der Waals surface area contributed by atoms with Crippen LogP contribution in [0.25, 0.3) is 0 Å². The molecule has 0 aliphatic carbocycles. The van der Waals surface area contributed by atoms with Crippen LogP contribution in [-0.4, -0.2) is 6.04 Å². The van der Waals surface area contributed by atoms with Crippen molar-refractivity contribution in [2.24, 2.45) is 5.73 Å². The van der Waals surface area contributed by atoms with Crippen molar-refractivity contribution < 1.29 is 0 Å². The molecule has 1 atom stereocenters. The molecule has 2 N–H and O–H groups in total. The van der Waals surface area contributed by atoms with Gasteiger partial charge in [0.05, 0.1) is 0 Å². The fraction of sp³-hybridized carbons (Fsp3) is 0.333. The van der Waals surface area contributed by atoms with E-state index in [1.54, 1.807) is 0 Å². The van der Waals surface area contributed by atoms with Crippen molar-refractivity contribution in [3.05, 3.63) is 58.7 Å². The van der Waals surface area contributed by atoms with Crippen LogP contribution in [0.5, 0.6) is 0 Å². The predicted molar refractivity (Wildman–Crippen MR) is 88.6 cm³/mol. The lowest BCUT2D eigenvalue weighted by atomic mass is 10.1. The van der Waals surface area contributed by atoms with Crippen molar-refractivity contribution >= 4 is 11.8 Å². The molecule has 0 heterocycles. The molecule has 2 aromatic rings. The molecule has 2 aromatic carbocycles. The van der Waals surface area contributed by atoms with Crippen LogP contribution in [0.4, 0.5) is 0 Å². The second kappa shape index (κ2) is 6.47. The van der Waals surface area contributed by atoms with Crippen LogP contribution >= 0.6 is 11.8 Å². The molecular formula is C18H23NS. The van der Waals surface area contributed by atoms with Crippen molar-refractivity contribution in [1.82, 2.24) is 0 Å². The van der Waals surface area contributed by atoms with E-state index in [1.807, 2.05) is 11.8 Å². The van der Waals surface area contributed by atoms with E-state index in [2.05, 4.69) is 64.1 Å². The summed E-state index contributed by atoms with van der Waals surface area (Å²) in [4.78, 5) is 2.65. The second-order valence-corrected chi connectivity index (χ2v) is 6.75. The van der Waals surface area contributed by atoms with Crippen molar-refractivity contribution in [2.75, 3.05) is 0 Å². The quantitative estimate of drug-likeness (QED) is 0.884. The number of hydrogen-bond acceptors (Lipinski definition) is 2. The average molecular weight is 285 g/mol. The van der Waals surface area contributed by atoms with Crippen molar-refractivity contribution in [3.8, 4) is 0 Å². The van der Waals surface area contributed by atoms with Gasteiger partial charge in [-0.25, -0.2) is 0 Å². The highest BCUT2D eigenvalue weighted by molar-refractivity contribution is 7.99. The lowest BCUT2D eigenvalue weighted by Crippen LogP contribution is -2.18. The topological polar surface area (TPSA) is 26.0 Å². The van der Waals surface area contributed by atoms with E-state index < -0.39 is 0 Å². The van der Waals surface area contributed by atoms with Gasteiger partial charge in [0.15, 0.2) is 0 Å². The summed E-state index contributed by atoms with van der Waals surface area (Å²) in [6.07, 6.45) is 0.925. The van der Waals surface area contributed by atoms with Crippen LogP contribution in [-0.2, 0) is 6.42 Å². The van der Waals surface area contributed by atoms with Gasteiger partial charge in [-0.15, -0.1) is 0 Å². The molecule has 0 bridgehead atoms. The standard InChI is InChI=1S/C18H23NS/c1-12-6-8-17(16(9-12)11-15(4)19)20-18-10-13(2)5-7-14(18)3/h5-10,15H,11,19H2,1-4H3. The van der Waals surface area contributed by atoms with Crippen molar-refractivity contribution in [1.29, 1.82) is 0 Å². The monoisotopic (exact) mass is 285 g/mol. The van der Waals surface area contributed by atoms with Crippen LogP contribution in [0.15, 0.2) is 46.2 Å². The summed E-state index contributed by atoms with van der Waals surface area (Å²) in [5, 5.41) is 0. The molecule has 0 aliphatic heterocycles. The zero-order valence-electron chi connectivity index (χ0n) is 12.7. The van der Waals surface area contributed by atoms with Gasteiger partial charge in [-0.2, -0.15) is 0 Å². The molecule has 0 spiro atoms. The van der Waals surface area contributed by atoms with Crippen LogP contribution < -0.4 is 5.73 Å². The molecule has 2 rings (SSSR count). The van der Waals surface area contributed by atoms with E-state index in [0.717, 1.165) is 6.42 Å². The maximum absolute atomic E-state index is 5.98. The first-order chi connectivity index (χ1) is 9.45. The maximum atomic E-state index is 5.98. The number of rotatable bonds is 4. The van der Waals surface area contributed by atoms with Gasteiger partial charge in [0.2, 0.25) is 0 Å². The SMILES string of the molecule is Cc1ccc(Sc2cc(C)ccc2C)c(CC(C)N)c1. The molecule has 0 saturated heterocycles. The Kier molecular flexibility index (Phi) is 4.90. The molecule has 0 amide bonds. The van der Waals surface area contributed by atoms with E-state index in [-0.39, 0.29) is 6.04 Å². The molecular weight excluding hydrogens is 262 g/mol. The number of hydrogen-bond donors (Lipinski definition) is 1. The molecule has 2 heteroatoms. The molecule has 1 unspecified atom stereocenters. The highest BCUT2D eigenvalue weighted by atomic mass is 32.2. The molecule has 0 aliphatic rings. The number of nitrogens with two attached hydrogens (primary N) is 1. The van der Waals surface area contributed by atoms with Gasteiger partial charge >= 0.3 is 0 Å².